The smallest absolute Gasteiger partial charge is 0.162 e. The predicted molar refractivity (Wildman–Crippen MR) is 48.9 cm³/mol. The van der Waals surface area contributed by atoms with Crippen LogP contribution in [0.1, 0.15) is 33.1 Å². The lowest BCUT2D eigenvalue weighted by Crippen LogP contribution is -2.30. The van der Waals surface area contributed by atoms with Crippen LogP contribution in [0.4, 0.5) is 0 Å². The van der Waals surface area contributed by atoms with Crippen molar-refractivity contribution in [1.29, 1.82) is 5.26 Å². The zero-order valence-electron chi connectivity index (χ0n) is 8.38. The van der Waals surface area contributed by atoms with Crippen LogP contribution in [0.2, 0.25) is 0 Å². The SMILES string of the molecule is CC(C)(CCCC#N)C1OCCO1. The van der Waals surface area contributed by atoms with E-state index in [1.54, 1.807) is 0 Å². The van der Waals surface area contributed by atoms with Crippen LogP contribution in [0.25, 0.3) is 0 Å². The Morgan fingerprint density at radius 2 is 2.00 bits per heavy atom. The van der Waals surface area contributed by atoms with E-state index in [1.165, 1.54) is 0 Å². The van der Waals surface area contributed by atoms with Crippen molar-refractivity contribution in [1.82, 2.24) is 0 Å². The molecule has 3 nitrogen and oxygen atoms in total. The van der Waals surface area contributed by atoms with Gasteiger partial charge in [0, 0.05) is 11.8 Å². The molecule has 0 unspecified atom stereocenters. The van der Waals surface area contributed by atoms with E-state index < -0.39 is 0 Å². The van der Waals surface area contributed by atoms with Gasteiger partial charge in [0.05, 0.1) is 19.3 Å². The van der Waals surface area contributed by atoms with Crippen molar-refractivity contribution in [2.45, 2.75) is 39.4 Å². The third-order valence-corrected chi connectivity index (χ3v) is 2.37. The van der Waals surface area contributed by atoms with Gasteiger partial charge in [0.25, 0.3) is 0 Å². The molecule has 1 fully saturated rings. The first-order chi connectivity index (χ1) is 6.17. The van der Waals surface area contributed by atoms with E-state index in [2.05, 4.69) is 19.9 Å². The summed E-state index contributed by atoms with van der Waals surface area (Å²) in [6.45, 7) is 5.65. The largest absolute Gasteiger partial charge is 0.350 e. The number of hydrogen-bond acceptors (Lipinski definition) is 3. The van der Waals surface area contributed by atoms with Crippen molar-refractivity contribution >= 4 is 0 Å². The van der Waals surface area contributed by atoms with Gasteiger partial charge in [-0.05, 0) is 12.8 Å². The predicted octanol–water partition coefficient (Wildman–Crippen LogP) is 2.08. The molecule has 0 aromatic carbocycles. The van der Waals surface area contributed by atoms with Crippen LogP contribution < -0.4 is 0 Å². The molecule has 1 saturated heterocycles. The quantitative estimate of drug-likeness (QED) is 0.627. The van der Waals surface area contributed by atoms with Gasteiger partial charge in [-0.3, -0.25) is 0 Å². The number of nitriles is 1. The third-order valence-electron chi connectivity index (χ3n) is 2.37. The minimum Gasteiger partial charge on any atom is -0.350 e. The van der Waals surface area contributed by atoms with Crippen molar-refractivity contribution in [2.75, 3.05) is 13.2 Å². The summed E-state index contributed by atoms with van der Waals surface area (Å²) in [6, 6.07) is 2.15. The second-order valence-corrected chi connectivity index (χ2v) is 4.07. The highest BCUT2D eigenvalue weighted by atomic mass is 16.7. The molecule has 0 saturated carbocycles. The lowest BCUT2D eigenvalue weighted by molar-refractivity contribution is -0.122. The van der Waals surface area contributed by atoms with Crippen molar-refractivity contribution in [3.63, 3.8) is 0 Å². The summed E-state index contributed by atoms with van der Waals surface area (Å²) in [5.74, 6) is 0. The molecule has 13 heavy (non-hydrogen) atoms. The molecule has 0 aromatic heterocycles. The zero-order valence-corrected chi connectivity index (χ0v) is 8.38. The molecular weight excluding hydrogens is 166 g/mol. The lowest BCUT2D eigenvalue weighted by atomic mass is 9.86. The summed E-state index contributed by atoms with van der Waals surface area (Å²) in [5, 5.41) is 8.42. The molecule has 0 spiro atoms. The second-order valence-electron chi connectivity index (χ2n) is 4.07. The topological polar surface area (TPSA) is 42.2 Å². The second kappa shape index (κ2) is 4.59. The Balaban J connectivity index is 2.31. The van der Waals surface area contributed by atoms with Gasteiger partial charge in [-0.2, -0.15) is 5.26 Å². The average Bonchev–Trinajstić information content (AvgIpc) is 2.56. The fourth-order valence-electron chi connectivity index (χ4n) is 1.55. The molecule has 1 rings (SSSR count). The van der Waals surface area contributed by atoms with Gasteiger partial charge in [0.2, 0.25) is 0 Å². The van der Waals surface area contributed by atoms with Crippen LogP contribution in [0.15, 0.2) is 0 Å². The van der Waals surface area contributed by atoms with Crippen LogP contribution in [-0.2, 0) is 9.47 Å². The van der Waals surface area contributed by atoms with Gasteiger partial charge in [-0.25, -0.2) is 0 Å². The van der Waals surface area contributed by atoms with E-state index >= 15 is 0 Å². The molecule has 0 aromatic rings. The van der Waals surface area contributed by atoms with Crippen LogP contribution in [0.5, 0.6) is 0 Å². The van der Waals surface area contributed by atoms with Crippen molar-refractivity contribution in [3.05, 3.63) is 0 Å². The Bertz CT molecular complexity index is 190. The third kappa shape index (κ3) is 2.98. The Morgan fingerprint density at radius 1 is 1.38 bits per heavy atom. The molecule has 1 heterocycles. The van der Waals surface area contributed by atoms with Crippen molar-refractivity contribution in [2.24, 2.45) is 5.41 Å². The maximum Gasteiger partial charge on any atom is 0.162 e. The van der Waals surface area contributed by atoms with Crippen molar-refractivity contribution < 1.29 is 9.47 Å². The summed E-state index contributed by atoms with van der Waals surface area (Å²) in [6.07, 6.45) is 2.44. The summed E-state index contributed by atoms with van der Waals surface area (Å²) in [5.41, 5.74) is 0.0351. The number of rotatable bonds is 4. The molecule has 1 aliphatic rings. The lowest BCUT2D eigenvalue weighted by Gasteiger charge is -2.29. The number of hydrogen-bond donors (Lipinski definition) is 0. The molecule has 74 valence electrons. The monoisotopic (exact) mass is 183 g/mol. The zero-order chi connectivity index (χ0) is 9.73. The molecule has 1 aliphatic heterocycles. The molecule has 3 heteroatoms. The molecule has 0 N–H and O–H groups in total. The number of ether oxygens (including phenoxy) is 2. The Labute approximate surface area is 79.6 Å². The first-order valence-corrected chi connectivity index (χ1v) is 4.77. The van der Waals surface area contributed by atoms with Gasteiger partial charge >= 0.3 is 0 Å². The summed E-state index contributed by atoms with van der Waals surface area (Å²) in [7, 11) is 0. The summed E-state index contributed by atoms with van der Waals surface area (Å²) < 4.78 is 10.9. The minimum atomic E-state index is -0.0776. The maximum absolute atomic E-state index is 8.42. The standard InChI is InChI=1S/C10H17NO2/c1-10(2,5-3-4-6-11)9-12-7-8-13-9/h9H,3-5,7-8H2,1-2H3. The van der Waals surface area contributed by atoms with E-state index in [0.29, 0.717) is 19.6 Å². The van der Waals surface area contributed by atoms with Crippen LogP contribution in [0, 0.1) is 16.7 Å². The van der Waals surface area contributed by atoms with E-state index in [9.17, 15) is 0 Å². The Morgan fingerprint density at radius 3 is 2.54 bits per heavy atom. The Kier molecular flexibility index (Phi) is 3.71. The summed E-state index contributed by atoms with van der Waals surface area (Å²) in [4.78, 5) is 0. The molecule has 0 atom stereocenters. The number of unbranched alkanes of at least 4 members (excludes halogenated alkanes) is 1. The number of nitrogens with zero attached hydrogens (tertiary/aromatic N) is 1. The first-order valence-electron chi connectivity index (χ1n) is 4.77. The highest BCUT2D eigenvalue weighted by molar-refractivity contribution is 4.78. The molecular formula is C10H17NO2. The first kappa shape index (κ1) is 10.5. The van der Waals surface area contributed by atoms with Crippen LogP contribution in [-0.4, -0.2) is 19.5 Å². The Hall–Kier alpha value is -0.590. The molecule has 0 aliphatic carbocycles. The molecule has 0 radical (unpaired) electrons. The van der Waals surface area contributed by atoms with E-state index in [-0.39, 0.29) is 11.7 Å². The fraction of sp³-hybridized carbons (Fsp3) is 0.900. The highest BCUT2D eigenvalue weighted by Gasteiger charge is 2.33. The van der Waals surface area contributed by atoms with E-state index in [4.69, 9.17) is 14.7 Å². The van der Waals surface area contributed by atoms with Crippen LogP contribution in [0.3, 0.4) is 0 Å². The van der Waals surface area contributed by atoms with Gasteiger partial charge in [0.1, 0.15) is 0 Å². The van der Waals surface area contributed by atoms with Gasteiger partial charge < -0.3 is 9.47 Å². The fourth-order valence-corrected chi connectivity index (χ4v) is 1.55. The van der Waals surface area contributed by atoms with E-state index in [1.807, 2.05) is 0 Å². The average molecular weight is 183 g/mol. The normalized spacial score (nSPS) is 18.8. The maximum atomic E-state index is 8.42. The summed E-state index contributed by atoms with van der Waals surface area (Å²) >= 11 is 0. The van der Waals surface area contributed by atoms with Gasteiger partial charge in [-0.1, -0.05) is 13.8 Å². The van der Waals surface area contributed by atoms with E-state index in [0.717, 1.165) is 12.8 Å². The molecule has 0 amide bonds. The van der Waals surface area contributed by atoms with Crippen LogP contribution >= 0.6 is 0 Å². The molecule has 0 bridgehead atoms. The minimum absolute atomic E-state index is 0.0351. The van der Waals surface area contributed by atoms with Crippen molar-refractivity contribution in [3.8, 4) is 6.07 Å². The van der Waals surface area contributed by atoms with Gasteiger partial charge in [0.15, 0.2) is 6.29 Å². The van der Waals surface area contributed by atoms with Gasteiger partial charge in [-0.15, -0.1) is 0 Å². The highest BCUT2D eigenvalue weighted by Crippen LogP contribution is 2.32.